The third-order valence-corrected chi connectivity index (χ3v) is 4.15. The molecule has 0 radical (unpaired) electrons. The maximum atomic E-state index is 12.2. The molecule has 4 heteroatoms. The van der Waals surface area contributed by atoms with Crippen LogP contribution in [0.3, 0.4) is 0 Å². The fraction of sp³-hybridized carbons (Fsp3) is 0.533. The van der Waals surface area contributed by atoms with E-state index in [9.17, 15) is 9.90 Å². The molecule has 1 aliphatic heterocycles. The first-order valence-corrected chi connectivity index (χ1v) is 6.74. The molecule has 19 heavy (non-hydrogen) atoms. The van der Waals surface area contributed by atoms with Gasteiger partial charge >= 0.3 is 0 Å². The molecule has 102 valence electrons. The van der Waals surface area contributed by atoms with Gasteiger partial charge in [-0.1, -0.05) is 18.2 Å². The van der Waals surface area contributed by atoms with Crippen LogP contribution in [0.5, 0.6) is 5.75 Å². The standard InChI is InChI=1S/C15H19NO3/c1-19-13-5-3-2-4-11(13)8-14(17)16-9-15(18,10-16)12-6-7-12/h2-5,12,18H,6-10H2,1H3. The summed E-state index contributed by atoms with van der Waals surface area (Å²) >= 11 is 0. The van der Waals surface area contributed by atoms with Crippen LogP contribution in [0.1, 0.15) is 18.4 Å². The number of aliphatic hydroxyl groups is 1. The number of hydrogen-bond acceptors (Lipinski definition) is 3. The second-order valence-electron chi connectivity index (χ2n) is 5.62. The molecule has 1 heterocycles. The van der Waals surface area contributed by atoms with Gasteiger partial charge in [-0.15, -0.1) is 0 Å². The average Bonchev–Trinajstić information content (AvgIpc) is 3.20. The van der Waals surface area contributed by atoms with Crippen molar-refractivity contribution < 1.29 is 14.6 Å². The van der Waals surface area contributed by atoms with Gasteiger partial charge in [-0.3, -0.25) is 4.79 Å². The van der Waals surface area contributed by atoms with Crippen LogP contribution in [0, 0.1) is 5.92 Å². The minimum absolute atomic E-state index is 0.0647. The molecule has 1 aliphatic carbocycles. The van der Waals surface area contributed by atoms with Gasteiger partial charge in [0.25, 0.3) is 0 Å². The molecule has 3 rings (SSSR count). The van der Waals surface area contributed by atoms with Crippen LogP contribution in [0.15, 0.2) is 24.3 Å². The maximum Gasteiger partial charge on any atom is 0.227 e. The van der Waals surface area contributed by atoms with Gasteiger partial charge in [0.1, 0.15) is 11.4 Å². The first-order chi connectivity index (χ1) is 9.12. The Morgan fingerprint density at radius 2 is 2.11 bits per heavy atom. The number of likely N-dealkylation sites (tertiary alicyclic amines) is 1. The summed E-state index contributed by atoms with van der Waals surface area (Å²) in [6, 6.07) is 7.56. The normalized spacial score (nSPS) is 20.8. The Bertz CT molecular complexity index is 490. The number of para-hydroxylation sites is 1. The topological polar surface area (TPSA) is 49.8 Å². The summed E-state index contributed by atoms with van der Waals surface area (Å²) in [6.45, 7) is 0.983. The number of β-amino-alcohol motifs (C(OH)–C–C–N with tert-alkyl or cyclic N) is 1. The highest BCUT2D eigenvalue weighted by molar-refractivity contribution is 5.80. The summed E-state index contributed by atoms with van der Waals surface area (Å²) in [7, 11) is 1.61. The van der Waals surface area contributed by atoms with Crippen LogP contribution in [0.4, 0.5) is 0 Å². The van der Waals surface area contributed by atoms with Crippen LogP contribution in [-0.4, -0.2) is 41.7 Å². The summed E-state index contributed by atoms with van der Waals surface area (Å²) in [4.78, 5) is 13.9. The molecule has 0 bridgehead atoms. The van der Waals surface area contributed by atoms with E-state index in [1.165, 1.54) is 0 Å². The zero-order valence-electron chi connectivity index (χ0n) is 11.1. The van der Waals surface area contributed by atoms with Gasteiger partial charge in [0.05, 0.1) is 26.6 Å². The summed E-state index contributed by atoms with van der Waals surface area (Å²) < 4.78 is 5.25. The van der Waals surface area contributed by atoms with Crippen molar-refractivity contribution in [3.8, 4) is 5.75 Å². The lowest BCUT2D eigenvalue weighted by Crippen LogP contribution is -2.65. The average molecular weight is 261 g/mol. The smallest absolute Gasteiger partial charge is 0.227 e. The van der Waals surface area contributed by atoms with Crippen molar-refractivity contribution in [2.45, 2.75) is 24.9 Å². The van der Waals surface area contributed by atoms with E-state index >= 15 is 0 Å². The Hall–Kier alpha value is -1.55. The van der Waals surface area contributed by atoms with E-state index < -0.39 is 5.60 Å². The Morgan fingerprint density at radius 3 is 2.74 bits per heavy atom. The quantitative estimate of drug-likeness (QED) is 0.886. The number of carbonyl (C=O) groups excluding carboxylic acids is 1. The monoisotopic (exact) mass is 261 g/mol. The summed E-state index contributed by atoms with van der Waals surface area (Å²) in [5, 5.41) is 10.2. The molecule has 0 atom stereocenters. The second-order valence-corrected chi connectivity index (χ2v) is 5.62. The van der Waals surface area contributed by atoms with Crippen molar-refractivity contribution in [3.05, 3.63) is 29.8 Å². The fourth-order valence-electron chi connectivity index (χ4n) is 2.79. The molecule has 1 amide bonds. The third-order valence-electron chi connectivity index (χ3n) is 4.15. The van der Waals surface area contributed by atoms with Gasteiger partial charge in [-0.2, -0.15) is 0 Å². The Balaban J connectivity index is 1.60. The van der Waals surface area contributed by atoms with Gasteiger partial charge in [-0.05, 0) is 24.8 Å². The van der Waals surface area contributed by atoms with E-state index in [2.05, 4.69) is 0 Å². The SMILES string of the molecule is COc1ccccc1CC(=O)N1CC(O)(C2CC2)C1. The molecule has 1 N–H and O–H groups in total. The zero-order chi connectivity index (χ0) is 13.5. The molecule has 1 aromatic rings. The molecule has 4 nitrogen and oxygen atoms in total. The molecule has 0 spiro atoms. The molecule has 2 aliphatic rings. The van der Waals surface area contributed by atoms with Gasteiger partial charge in [0, 0.05) is 5.56 Å². The number of ether oxygens (including phenoxy) is 1. The van der Waals surface area contributed by atoms with Crippen molar-refractivity contribution in [1.82, 2.24) is 4.90 Å². The van der Waals surface area contributed by atoms with E-state index in [0.717, 1.165) is 24.2 Å². The van der Waals surface area contributed by atoms with Gasteiger partial charge in [0.2, 0.25) is 5.91 Å². The van der Waals surface area contributed by atoms with Gasteiger partial charge in [-0.25, -0.2) is 0 Å². The molecular formula is C15H19NO3. The van der Waals surface area contributed by atoms with Crippen molar-refractivity contribution in [2.24, 2.45) is 5.92 Å². The van der Waals surface area contributed by atoms with E-state index in [0.29, 0.717) is 25.4 Å². The summed E-state index contributed by atoms with van der Waals surface area (Å²) in [5.41, 5.74) is 0.299. The minimum atomic E-state index is -0.601. The fourth-order valence-corrected chi connectivity index (χ4v) is 2.79. The number of rotatable bonds is 4. The van der Waals surface area contributed by atoms with Gasteiger partial charge in [0.15, 0.2) is 0 Å². The Morgan fingerprint density at radius 1 is 1.42 bits per heavy atom. The Labute approximate surface area is 113 Å². The van der Waals surface area contributed by atoms with Crippen LogP contribution in [0.2, 0.25) is 0 Å². The van der Waals surface area contributed by atoms with E-state index in [-0.39, 0.29) is 5.91 Å². The minimum Gasteiger partial charge on any atom is -0.496 e. The lowest BCUT2D eigenvalue weighted by molar-refractivity contribution is -0.158. The molecule has 2 fully saturated rings. The number of benzene rings is 1. The highest BCUT2D eigenvalue weighted by Crippen LogP contribution is 2.44. The number of methoxy groups -OCH3 is 1. The first kappa shape index (κ1) is 12.5. The largest absolute Gasteiger partial charge is 0.496 e. The lowest BCUT2D eigenvalue weighted by Gasteiger charge is -2.47. The molecular weight excluding hydrogens is 242 g/mol. The van der Waals surface area contributed by atoms with Crippen molar-refractivity contribution in [1.29, 1.82) is 0 Å². The van der Waals surface area contributed by atoms with E-state index in [1.54, 1.807) is 12.0 Å². The van der Waals surface area contributed by atoms with Crippen LogP contribution < -0.4 is 4.74 Å². The number of amides is 1. The predicted molar refractivity (Wildman–Crippen MR) is 71.0 cm³/mol. The number of hydrogen-bond donors (Lipinski definition) is 1. The van der Waals surface area contributed by atoms with Crippen molar-refractivity contribution in [2.75, 3.05) is 20.2 Å². The van der Waals surface area contributed by atoms with Crippen LogP contribution >= 0.6 is 0 Å². The van der Waals surface area contributed by atoms with E-state index in [4.69, 9.17) is 4.74 Å². The molecule has 0 unspecified atom stereocenters. The molecule has 1 saturated heterocycles. The van der Waals surface area contributed by atoms with Crippen molar-refractivity contribution in [3.63, 3.8) is 0 Å². The molecule has 0 aromatic heterocycles. The predicted octanol–water partition coefficient (Wildman–Crippen LogP) is 1.22. The number of carbonyl (C=O) groups is 1. The van der Waals surface area contributed by atoms with Crippen molar-refractivity contribution >= 4 is 5.91 Å². The third kappa shape index (κ3) is 2.32. The Kier molecular flexibility index (Phi) is 2.97. The zero-order valence-corrected chi connectivity index (χ0v) is 11.1. The number of nitrogens with zero attached hydrogens (tertiary/aromatic N) is 1. The van der Waals surface area contributed by atoms with Crippen LogP contribution in [0.25, 0.3) is 0 Å². The highest BCUT2D eigenvalue weighted by Gasteiger charge is 2.53. The summed E-state index contributed by atoms with van der Waals surface area (Å²) in [5.74, 6) is 1.23. The molecule has 1 saturated carbocycles. The lowest BCUT2D eigenvalue weighted by atomic mass is 9.88. The molecule has 1 aromatic carbocycles. The highest BCUT2D eigenvalue weighted by atomic mass is 16.5. The second kappa shape index (κ2) is 4.53. The van der Waals surface area contributed by atoms with Gasteiger partial charge < -0.3 is 14.7 Å². The van der Waals surface area contributed by atoms with E-state index in [1.807, 2.05) is 24.3 Å². The van der Waals surface area contributed by atoms with Crippen LogP contribution in [-0.2, 0) is 11.2 Å². The summed E-state index contributed by atoms with van der Waals surface area (Å²) in [6.07, 6.45) is 2.54. The maximum absolute atomic E-state index is 12.2. The first-order valence-electron chi connectivity index (χ1n) is 6.74.